The predicted molar refractivity (Wildman–Crippen MR) is 251 cm³/mol. The quantitative estimate of drug-likeness (QED) is 0.181. The van der Waals surface area contributed by atoms with Gasteiger partial charge in [0.2, 0.25) is 0 Å². The fourth-order valence-corrected chi connectivity index (χ4v) is 13.4. The van der Waals surface area contributed by atoms with E-state index in [1.54, 1.807) is 0 Å². The Balaban J connectivity index is 1.18. The molecule has 0 amide bonds. The molecule has 0 bridgehead atoms. The first-order valence-electron chi connectivity index (χ1n) is 20.5. The van der Waals surface area contributed by atoms with E-state index in [9.17, 15) is 0 Å². The van der Waals surface area contributed by atoms with E-state index in [-0.39, 0.29) is 5.41 Å². The van der Waals surface area contributed by atoms with Crippen LogP contribution in [-0.2, 0) is 11.8 Å². The molecule has 2 nitrogen and oxygen atoms in total. The summed E-state index contributed by atoms with van der Waals surface area (Å²) < 4.78 is 5.46. The molecule has 9 aromatic rings. The van der Waals surface area contributed by atoms with Crippen molar-refractivity contribution < 1.29 is 0 Å². The van der Waals surface area contributed by atoms with Gasteiger partial charge >= 0.3 is 0 Å². The number of fused-ring (bicyclic) bond motifs is 11. The van der Waals surface area contributed by atoms with Gasteiger partial charge in [-0.1, -0.05) is 119 Å². The van der Waals surface area contributed by atoms with Crippen LogP contribution in [0.3, 0.4) is 0 Å². The Kier molecular flexibility index (Phi) is 8.13. The molecule has 57 heavy (non-hydrogen) atoms. The van der Waals surface area contributed by atoms with Crippen LogP contribution in [0.25, 0.3) is 56.8 Å². The summed E-state index contributed by atoms with van der Waals surface area (Å²) >= 11 is 5.82. The molecule has 1 aliphatic heterocycles. The van der Waals surface area contributed by atoms with Crippen LogP contribution in [-0.4, -0.2) is 4.98 Å². The molecule has 11 rings (SSSR count). The van der Waals surface area contributed by atoms with Gasteiger partial charge in [0.25, 0.3) is 0 Å². The molecule has 0 spiro atoms. The predicted octanol–water partition coefficient (Wildman–Crippen LogP) is 16.5. The first kappa shape index (κ1) is 35.4. The van der Waals surface area contributed by atoms with Gasteiger partial charge in [-0.15, -0.1) is 22.7 Å². The second-order valence-corrected chi connectivity index (χ2v) is 20.6. The molecule has 0 fully saturated rings. The minimum Gasteiger partial charge on any atom is -0.353 e. The SMILES string of the molecule is Cc1cc(C(C)(C)CCC(C)C)c(C)cc1N1c2cc3c(cc2Sc2c1cc1ccccc1c2C1=CCCc2c1[nH]c1c2sc2ccccc21)sc1ccccc13. The second-order valence-electron chi connectivity index (χ2n) is 17.4. The minimum atomic E-state index is 0.0939. The van der Waals surface area contributed by atoms with Crippen molar-refractivity contribution in [1.82, 2.24) is 4.98 Å². The van der Waals surface area contributed by atoms with Crippen molar-refractivity contribution in [3.63, 3.8) is 0 Å². The molecular formula is C52H46N2S3. The van der Waals surface area contributed by atoms with Crippen molar-refractivity contribution >= 4 is 108 Å². The van der Waals surface area contributed by atoms with Gasteiger partial charge in [-0.25, -0.2) is 0 Å². The zero-order chi connectivity index (χ0) is 38.7. The monoisotopic (exact) mass is 794 g/mol. The van der Waals surface area contributed by atoms with Crippen LogP contribution in [0, 0.1) is 19.8 Å². The Morgan fingerprint density at radius 1 is 0.719 bits per heavy atom. The number of H-pyrrole nitrogens is 1. The van der Waals surface area contributed by atoms with E-state index in [2.05, 4.69) is 161 Å². The van der Waals surface area contributed by atoms with Crippen LogP contribution < -0.4 is 4.90 Å². The lowest BCUT2D eigenvalue weighted by atomic mass is 9.76. The highest BCUT2D eigenvalue weighted by Crippen LogP contribution is 2.59. The number of anilines is 3. The number of allylic oxidation sites excluding steroid dienone is 1. The number of hydrogen-bond acceptors (Lipinski definition) is 4. The van der Waals surface area contributed by atoms with Gasteiger partial charge in [0.1, 0.15) is 0 Å². The van der Waals surface area contributed by atoms with Gasteiger partial charge in [-0.3, -0.25) is 0 Å². The molecule has 3 aromatic heterocycles. The maximum atomic E-state index is 4.04. The van der Waals surface area contributed by atoms with Crippen LogP contribution >= 0.6 is 34.4 Å². The van der Waals surface area contributed by atoms with Gasteiger partial charge in [0.05, 0.1) is 27.3 Å². The van der Waals surface area contributed by atoms with E-state index in [4.69, 9.17) is 0 Å². The summed E-state index contributed by atoms with van der Waals surface area (Å²) in [6, 6.07) is 39.3. The van der Waals surface area contributed by atoms with E-state index >= 15 is 0 Å². The topological polar surface area (TPSA) is 19.0 Å². The normalized spacial score (nSPS) is 14.3. The lowest BCUT2D eigenvalue weighted by molar-refractivity contribution is 0.413. The van der Waals surface area contributed by atoms with Crippen LogP contribution in [0.2, 0.25) is 0 Å². The molecule has 0 radical (unpaired) electrons. The summed E-state index contributed by atoms with van der Waals surface area (Å²) in [4.78, 5) is 9.31. The van der Waals surface area contributed by atoms with Gasteiger partial charge < -0.3 is 9.88 Å². The Morgan fingerprint density at radius 3 is 2.26 bits per heavy atom. The fourth-order valence-electron chi connectivity index (χ4n) is 9.76. The smallest absolute Gasteiger partial charge is 0.0651 e. The van der Waals surface area contributed by atoms with Crippen LogP contribution in [0.15, 0.2) is 119 Å². The third-order valence-electron chi connectivity index (χ3n) is 12.7. The first-order chi connectivity index (χ1) is 27.6. The number of aryl methyl sites for hydroxylation is 3. The van der Waals surface area contributed by atoms with Crippen molar-refractivity contribution in [3.05, 3.63) is 143 Å². The third kappa shape index (κ3) is 5.49. The summed E-state index contributed by atoms with van der Waals surface area (Å²) in [5.74, 6) is 0.690. The highest BCUT2D eigenvalue weighted by molar-refractivity contribution is 7.99. The summed E-state index contributed by atoms with van der Waals surface area (Å²) in [5.41, 5.74) is 14.8. The van der Waals surface area contributed by atoms with E-state index in [1.165, 1.54) is 130 Å². The Labute approximate surface area is 347 Å². The maximum Gasteiger partial charge on any atom is 0.0651 e. The minimum absolute atomic E-state index is 0.0939. The standard InChI is InChI=1S/C52H46N2S3/c1-29(2)22-23-52(5,6)39-24-31(4)40(25-30(39)3)54-41-27-38-34-16-9-11-20-43(34)55-45(38)28-46(41)57-51-42(54)26-32-14-7-8-15-33(32)47(51)36-18-13-19-37-48(36)53-49-35-17-10-12-21-44(35)56-50(37)49/h7-12,14-18,20-21,24-29,53H,13,19,22-23H2,1-6H3. The van der Waals surface area contributed by atoms with E-state index in [1.807, 2.05) is 34.4 Å². The summed E-state index contributed by atoms with van der Waals surface area (Å²) in [5, 5.41) is 6.59. The summed E-state index contributed by atoms with van der Waals surface area (Å²) in [7, 11) is 0. The average molecular weight is 795 g/mol. The number of rotatable bonds is 6. The molecule has 0 unspecified atom stereocenters. The average Bonchev–Trinajstić information content (AvgIpc) is 3.88. The Morgan fingerprint density at radius 2 is 1.46 bits per heavy atom. The van der Waals surface area contributed by atoms with Crippen LogP contribution in [0.5, 0.6) is 0 Å². The number of thiophene rings is 2. The highest BCUT2D eigenvalue weighted by Gasteiger charge is 2.34. The molecule has 282 valence electrons. The molecule has 0 saturated heterocycles. The number of nitrogens with one attached hydrogen (secondary N) is 1. The van der Waals surface area contributed by atoms with Gasteiger partial charge in [-0.2, -0.15) is 0 Å². The Hall–Kier alpha value is -4.81. The van der Waals surface area contributed by atoms with Crippen molar-refractivity contribution in [2.45, 2.75) is 82.4 Å². The van der Waals surface area contributed by atoms with Gasteiger partial charge in [0.15, 0.2) is 0 Å². The molecule has 6 aromatic carbocycles. The molecule has 0 atom stereocenters. The number of hydrogen-bond donors (Lipinski definition) is 1. The summed E-state index contributed by atoms with van der Waals surface area (Å²) in [6.45, 7) is 14.2. The van der Waals surface area contributed by atoms with Crippen molar-refractivity contribution in [2.75, 3.05) is 4.90 Å². The fraction of sp³-hybridized carbons (Fsp3) is 0.231. The number of nitrogens with zero attached hydrogens (tertiary/aromatic N) is 1. The Bertz CT molecular complexity index is 3150. The highest BCUT2D eigenvalue weighted by atomic mass is 32.2. The molecule has 1 N–H and O–H groups in total. The van der Waals surface area contributed by atoms with Crippen LogP contribution in [0.1, 0.15) is 80.5 Å². The zero-order valence-electron chi connectivity index (χ0n) is 33.5. The molecular weight excluding hydrogens is 749 g/mol. The molecule has 4 heterocycles. The van der Waals surface area contributed by atoms with Gasteiger partial charge in [0, 0.05) is 56.9 Å². The van der Waals surface area contributed by atoms with Gasteiger partial charge in [-0.05, 0) is 114 Å². The lowest BCUT2D eigenvalue weighted by Crippen LogP contribution is -2.22. The number of benzene rings is 6. The molecule has 2 aliphatic rings. The largest absolute Gasteiger partial charge is 0.353 e. The number of aromatic nitrogens is 1. The first-order valence-corrected chi connectivity index (χ1v) is 22.9. The number of aromatic amines is 1. The van der Waals surface area contributed by atoms with Crippen molar-refractivity contribution in [3.8, 4) is 0 Å². The molecule has 0 saturated carbocycles. The molecule has 1 aliphatic carbocycles. The van der Waals surface area contributed by atoms with Crippen molar-refractivity contribution in [1.29, 1.82) is 0 Å². The third-order valence-corrected chi connectivity index (χ3v) is 16.2. The summed E-state index contributed by atoms with van der Waals surface area (Å²) in [6.07, 6.45) is 7.01. The molecule has 5 heteroatoms. The van der Waals surface area contributed by atoms with Crippen molar-refractivity contribution in [2.24, 2.45) is 5.92 Å². The van der Waals surface area contributed by atoms with E-state index < -0.39 is 0 Å². The second kappa shape index (κ2) is 13.1. The lowest BCUT2D eigenvalue weighted by Gasteiger charge is -2.37. The zero-order valence-corrected chi connectivity index (χ0v) is 35.9. The van der Waals surface area contributed by atoms with Crippen LogP contribution in [0.4, 0.5) is 17.1 Å². The van der Waals surface area contributed by atoms with E-state index in [0.717, 1.165) is 12.8 Å². The van der Waals surface area contributed by atoms with E-state index in [0.29, 0.717) is 5.92 Å². The maximum absolute atomic E-state index is 4.04.